The number of imidazole rings is 1. The third kappa shape index (κ3) is 2.29. The Kier molecular flexibility index (Phi) is 3.11. The summed E-state index contributed by atoms with van der Waals surface area (Å²) in [5, 5.41) is 11.1. The van der Waals surface area contributed by atoms with E-state index in [0.29, 0.717) is 6.54 Å². The number of aryl methyl sites for hydroxylation is 2. The Labute approximate surface area is 103 Å². The van der Waals surface area contributed by atoms with E-state index in [9.17, 15) is 4.79 Å². The smallest absolute Gasteiger partial charge is 0.234 e. The number of carbonyl (C=O) groups excluding carboxylic acids is 1. The number of rotatable bonds is 3. The molecule has 2 aromatic heterocycles. The van der Waals surface area contributed by atoms with E-state index >= 15 is 0 Å². The Morgan fingerprint density at radius 2 is 2.41 bits per heavy atom. The largest absolute Gasteiger partial charge is 0.350 e. The SMILES string of the molecule is Cc1cn2c(CNC(=O)CC#N)c(C)nc2s1. The molecule has 2 rings (SSSR count). The summed E-state index contributed by atoms with van der Waals surface area (Å²) in [7, 11) is 0. The van der Waals surface area contributed by atoms with Gasteiger partial charge in [0.25, 0.3) is 0 Å². The lowest BCUT2D eigenvalue weighted by Crippen LogP contribution is -2.23. The molecule has 88 valence electrons. The molecule has 2 aromatic rings. The fraction of sp³-hybridized carbons (Fsp3) is 0.364. The van der Waals surface area contributed by atoms with Crippen molar-refractivity contribution in [3.8, 4) is 6.07 Å². The number of fused-ring (bicyclic) bond motifs is 1. The van der Waals surface area contributed by atoms with E-state index in [4.69, 9.17) is 5.26 Å². The predicted octanol–water partition coefficient (Wildman–Crippen LogP) is 1.54. The molecule has 6 heteroatoms. The number of hydrogen-bond acceptors (Lipinski definition) is 4. The zero-order valence-corrected chi connectivity index (χ0v) is 10.5. The molecule has 1 amide bonds. The summed E-state index contributed by atoms with van der Waals surface area (Å²) in [5.41, 5.74) is 1.88. The summed E-state index contributed by atoms with van der Waals surface area (Å²) in [4.78, 5) is 17.8. The van der Waals surface area contributed by atoms with Crippen molar-refractivity contribution in [1.82, 2.24) is 14.7 Å². The summed E-state index contributed by atoms with van der Waals surface area (Å²) < 4.78 is 1.99. The van der Waals surface area contributed by atoms with Crippen LogP contribution in [0.4, 0.5) is 0 Å². The number of carbonyl (C=O) groups is 1. The van der Waals surface area contributed by atoms with Crippen LogP contribution in [0.2, 0.25) is 0 Å². The number of hydrogen-bond donors (Lipinski definition) is 1. The minimum absolute atomic E-state index is 0.107. The first kappa shape index (κ1) is 11.6. The molecular weight excluding hydrogens is 236 g/mol. The Balaban J connectivity index is 2.20. The van der Waals surface area contributed by atoms with Crippen LogP contribution in [0, 0.1) is 25.2 Å². The Hall–Kier alpha value is -1.87. The average molecular weight is 248 g/mol. The van der Waals surface area contributed by atoms with E-state index in [1.165, 1.54) is 4.88 Å². The molecule has 0 radical (unpaired) electrons. The second kappa shape index (κ2) is 4.55. The zero-order valence-electron chi connectivity index (χ0n) is 9.65. The maximum atomic E-state index is 11.2. The first-order chi connectivity index (χ1) is 8.11. The molecule has 0 aliphatic heterocycles. The Morgan fingerprint density at radius 1 is 1.65 bits per heavy atom. The van der Waals surface area contributed by atoms with Crippen molar-refractivity contribution >= 4 is 22.2 Å². The molecule has 17 heavy (non-hydrogen) atoms. The fourth-order valence-electron chi connectivity index (χ4n) is 1.64. The van der Waals surface area contributed by atoms with Gasteiger partial charge in [-0.3, -0.25) is 9.20 Å². The van der Waals surface area contributed by atoms with Crippen LogP contribution in [0.1, 0.15) is 22.7 Å². The van der Waals surface area contributed by atoms with E-state index in [-0.39, 0.29) is 12.3 Å². The minimum Gasteiger partial charge on any atom is -0.350 e. The third-order valence-corrected chi connectivity index (χ3v) is 3.33. The maximum absolute atomic E-state index is 11.2. The van der Waals surface area contributed by atoms with E-state index in [0.717, 1.165) is 16.3 Å². The molecule has 0 unspecified atom stereocenters. The van der Waals surface area contributed by atoms with E-state index in [2.05, 4.69) is 10.3 Å². The van der Waals surface area contributed by atoms with Crippen LogP contribution < -0.4 is 5.32 Å². The summed E-state index contributed by atoms with van der Waals surface area (Å²) in [6.45, 7) is 4.34. The van der Waals surface area contributed by atoms with Crippen molar-refractivity contribution < 1.29 is 4.79 Å². The summed E-state index contributed by atoms with van der Waals surface area (Å²) in [6, 6.07) is 1.82. The molecule has 0 spiro atoms. The highest BCUT2D eigenvalue weighted by atomic mass is 32.1. The lowest BCUT2D eigenvalue weighted by atomic mass is 10.3. The van der Waals surface area contributed by atoms with Crippen LogP contribution in [0.25, 0.3) is 4.96 Å². The second-order valence-corrected chi connectivity index (χ2v) is 4.96. The van der Waals surface area contributed by atoms with Gasteiger partial charge in [0.2, 0.25) is 5.91 Å². The first-order valence-electron chi connectivity index (χ1n) is 5.19. The number of nitrogens with zero attached hydrogens (tertiary/aromatic N) is 3. The molecule has 0 aromatic carbocycles. The van der Waals surface area contributed by atoms with Crippen molar-refractivity contribution in [2.75, 3.05) is 0 Å². The van der Waals surface area contributed by atoms with Gasteiger partial charge in [0.05, 0.1) is 24.0 Å². The molecule has 1 N–H and O–H groups in total. The summed E-state index contributed by atoms with van der Waals surface area (Å²) in [5.74, 6) is -0.256. The first-order valence-corrected chi connectivity index (χ1v) is 6.01. The van der Waals surface area contributed by atoms with Gasteiger partial charge in [0, 0.05) is 11.1 Å². The van der Waals surface area contributed by atoms with Crippen molar-refractivity contribution in [1.29, 1.82) is 5.26 Å². The van der Waals surface area contributed by atoms with E-state index in [1.807, 2.05) is 30.5 Å². The van der Waals surface area contributed by atoms with Crippen LogP contribution in [0.15, 0.2) is 6.20 Å². The second-order valence-electron chi connectivity index (χ2n) is 3.75. The number of aromatic nitrogens is 2. The highest BCUT2D eigenvalue weighted by molar-refractivity contribution is 7.17. The highest BCUT2D eigenvalue weighted by Crippen LogP contribution is 2.20. The molecule has 5 nitrogen and oxygen atoms in total. The van der Waals surface area contributed by atoms with Gasteiger partial charge in [0.15, 0.2) is 4.96 Å². The maximum Gasteiger partial charge on any atom is 0.234 e. The van der Waals surface area contributed by atoms with Gasteiger partial charge in [-0.1, -0.05) is 0 Å². The fourth-order valence-corrected chi connectivity index (χ4v) is 2.53. The summed E-state index contributed by atoms with van der Waals surface area (Å²) in [6.07, 6.45) is 1.90. The molecule has 2 heterocycles. The normalized spacial score (nSPS) is 10.4. The average Bonchev–Trinajstić information content (AvgIpc) is 2.71. The lowest BCUT2D eigenvalue weighted by Gasteiger charge is -2.02. The molecule has 0 saturated heterocycles. The third-order valence-electron chi connectivity index (χ3n) is 2.43. The molecule has 0 aliphatic carbocycles. The molecule has 0 bridgehead atoms. The Bertz CT molecular complexity index is 605. The predicted molar refractivity (Wildman–Crippen MR) is 64.6 cm³/mol. The van der Waals surface area contributed by atoms with Gasteiger partial charge in [-0.2, -0.15) is 5.26 Å². The van der Waals surface area contributed by atoms with Crippen molar-refractivity contribution in [2.24, 2.45) is 0 Å². The molecule has 0 fully saturated rings. The summed E-state index contributed by atoms with van der Waals surface area (Å²) >= 11 is 1.62. The van der Waals surface area contributed by atoms with Gasteiger partial charge in [-0.25, -0.2) is 4.98 Å². The number of nitriles is 1. The van der Waals surface area contributed by atoms with Crippen molar-refractivity contribution in [2.45, 2.75) is 26.8 Å². The van der Waals surface area contributed by atoms with Crippen LogP contribution >= 0.6 is 11.3 Å². The lowest BCUT2D eigenvalue weighted by molar-refractivity contribution is -0.120. The monoisotopic (exact) mass is 248 g/mol. The van der Waals surface area contributed by atoms with E-state index in [1.54, 1.807) is 11.3 Å². The number of thiazole rings is 1. The van der Waals surface area contributed by atoms with Crippen LogP contribution in [-0.2, 0) is 11.3 Å². The van der Waals surface area contributed by atoms with E-state index < -0.39 is 0 Å². The number of nitrogens with one attached hydrogen (secondary N) is 1. The quantitative estimate of drug-likeness (QED) is 0.895. The Morgan fingerprint density at radius 3 is 3.12 bits per heavy atom. The zero-order chi connectivity index (χ0) is 12.4. The van der Waals surface area contributed by atoms with Gasteiger partial charge in [0.1, 0.15) is 6.42 Å². The van der Waals surface area contributed by atoms with Crippen molar-refractivity contribution in [3.63, 3.8) is 0 Å². The molecule has 0 saturated carbocycles. The minimum atomic E-state index is -0.256. The topological polar surface area (TPSA) is 70.2 Å². The number of amides is 1. The van der Waals surface area contributed by atoms with Gasteiger partial charge < -0.3 is 5.32 Å². The standard InChI is InChI=1S/C11H12N4OS/c1-7-6-15-9(5-13-10(16)3-4-12)8(2)14-11(15)17-7/h6H,3,5H2,1-2H3,(H,13,16). The van der Waals surface area contributed by atoms with Gasteiger partial charge >= 0.3 is 0 Å². The van der Waals surface area contributed by atoms with Crippen molar-refractivity contribution in [3.05, 3.63) is 22.5 Å². The molecule has 0 aliphatic rings. The molecule has 0 atom stereocenters. The highest BCUT2D eigenvalue weighted by Gasteiger charge is 2.11. The van der Waals surface area contributed by atoms with Crippen LogP contribution in [0.5, 0.6) is 0 Å². The molecular formula is C11H12N4OS. The van der Waals surface area contributed by atoms with Gasteiger partial charge in [-0.15, -0.1) is 11.3 Å². The van der Waals surface area contributed by atoms with Crippen LogP contribution in [0.3, 0.4) is 0 Å². The van der Waals surface area contributed by atoms with Gasteiger partial charge in [-0.05, 0) is 13.8 Å². The van der Waals surface area contributed by atoms with Crippen LogP contribution in [-0.4, -0.2) is 15.3 Å².